The summed E-state index contributed by atoms with van der Waals surface area (Å²) in [4.78, 5) is 0.0314. The van der Waals surface area contributed by atoms with E-state index in [9.17, 15) is 0 Å². The third-order valence-corrected chi connectivity index (χ3v) is 5.19. The predicted octanol–water partition coefficient (Wildman–Crippen LogP) is 5.91. The van der Waals surface area contributed by atoms with Crippen LogP contribution in [0.4, 0.5) is 0 Å². The van der Waals surface area contributed by atoms with Crippen LogP contribution in [0.2, 0.25) is 5.02 Å². The Morgan fingerprint density at radius 2 is 1.62 bits per heavy atom. The fourth-order valence-electron chi connectivity index (χ4n) is 2.14. The van der Waals surface area contributed by atoms with Crippen LogP contribution in [0.1, 0.15) is 21.5 Å². The van der Waals surface area contributed by atoms with Gasteiger partial charge in [0.25, 0.3) is 0 Å². The molecule has 0 spiro atoms. The van der Waals surface area contributed by atoms with E-state index in [1.807, 2.05) is 30.3 Å². The lowest BCUT2D eigenvalue weighted by Crippen LogP contribution is -2.00. The second-order valence-corrected chi connectivity index (χ2v) is 6.80. The van der Waals surface area contributed by atoms with Crippen molar-refractivity contribution in [2.45, 2.75) is 11.8 Å². The van der Waals surface area contributed by atoms with Gasteiger partial charge in [-0.05, 0) is 47.9 Å². The molecule has 0 saturated heterocycles. The quantitative estimate of drug-likeness (QED) is 0.557. The smallest absolute Gasteiger partial charge is 0.161 e. The number of benzene rings is 2. The van der Waals surface area contributed by atoms with E-state index in [0.717, 1.165) is 26.9 Å². The Kier molecular flexibility index (Phi) is 5.58. The lowest BCUT2D eigenvalue weighted by molar-refractivity contribution is 0.354. The summed E-state index contributed by atoms with van der Waals surface area (Å²) in [6.07, 6.45) is 0. The summed E-state index contributed by atoms with van der Waals surface area (Å²) in [5, 5.41) is 0.703. The van der Waals surface area contributed by atoms with Crippen molar-refractivity contribution in [2.24, 2.45) is 0 Å². The summed E-state index contributed by atoms with van der Waals surface area (Å²) >= 11 is 13.3. The molecule has 2 aromatic carbocycles. The highest BCUT2D eigenvalue weighted by Crippen LogP contribution is 2.41. The summed E-state index contributed by atoms with van der Waals surface area (Å²) in [5.74, 6) is 1.45. The van der Waals surface area contributed by atoms with Crippen molar-refractivity contribution >= 4 is 43.5 Å². The van der Waals surface area contributed by atoms with Gasteiger partial charge in [-0.3, -0.25) is 0 Å². The number of ether oxygens (including phenoxy) is 2. The number of rotatable bonds is 4. The summed E-state index contributed by atoms with van der Waals surface area (Å²) in [7, 11) is 3.27. The molecule has 0 amide bonds. The average molecular weight is 435 g/mol. The molecule has 0 aliphatic heterocycles. The second-order valence-electron chi connectivity index (χ2n) is 4.59. The maximum absolute atomic E-state index is 6.00. The van der Waals surface area contributed by atoms with Gasteiger partial charge in [0, 0.05) is 9.50 Å². The summed E-state index contributed by atoms with van der Waals surface area (Å²) in [6, 6.07) is 9.75. The number of halogens is 3. The van der Waals surface area contributed by atoms with E-state index in [0.29, 0.717) is 10.8 Å². The second kappa shape index (κ2) is 7.03. The van der Waals surface area contributed by atoms with Gasteiger partial charge in [-0.1, -0.05) is 49.5 Å². The molecule has 0 aliphatic rings. The standard InChI is InChI=1S/C16H15Br2ClO2/c1-9-6-14(20-2)15(21-3)8-12(9)16(18)11-5-4-10(19)7-13(11)17/h4-8,16H,1-3H3. The van der Waals surface area contributed by atoms with Crippen molar-refractivity contribution in [3.8, 4) is 11.5 Å². The molecule has 0 N–H and O–H groups in total. The summed E-state index contributed by atoms with van der Waals surface area (Å²) < 4.78 is 11.7. The Morgan fingerprint density at radius 1 is 1.00 bits per heavy atom. The van der Waals surface area contributed by atoms with Crippen LogP contribution in [0.3, 0.4) is 0 Å². The maximum Gasteiger partial charge on any atom is 0.161 e. The van der Waals surface area contributed by atoms with Gasteiger partial charge in [-0.25, -0.2) is 0 Å². The van der Waals surface area contributed by atoms with E-state index in [2.05, 4.69) is 38.8 Å². The molecule has 0 radical (unpaired) electrons. The number of hydrogen-bond acceptors (Lipinski definition) is 2. The topological polar surface area (TPSA) is 18.5 Å². The molecule has 0 bridgehead atoms. The predicted molar refractivity (Wildman–Crippen MR) is 94.2 cm³/mol. The first-order chi connectivity index (χ1) is 9.97. The van der Waals surface area contributed by atoms with Gasteiger partial charge in [0.15, 0.2) is 11.5 Å². The molecule has 0 saturated carbocycles. The van der Waals surface area contributed by atoms with Crippen molar-refractivity contribution in [1.29, 1.82) is 0 Å². The van der Waals surface area contributed by atoms with Crippen molar-refractivity contribution in [3.05, 3.63) is 56.5 Å². The minimum Gasteiger partial charge on any atom is -0.493 e. The highest BCUT2D eigenvalue weighted by atomic mass is 79.9. The largest absolute Gasteiger partial charge is 0.493 e. The maximum atomic E-state index is 6.00. The zero-order chi connectivity index (χ0) is 15.6. The first kappa shape index (κ1) is 16.7. The zero-order valence-electron chi connectivity index (χ0n) is 11.9. The molecular formula is C16H15Br2ClO2. The van der Waals surface area contributed by atoms with Gasteiger partial charge in [0.2, 0.25) is 0 Å². The molecule has 0 fully saturated rings. The summed E-state index contributed by atoms with van der Waals surface area (Å²) in [6.45, 7) is 2.05. The van der Waals surface area contributed by atoms with Crippen LogP contribution in [0.15, 0.2) is 34.8 Å². The van der Waals surface area contributed by atoms with Gasteiger partial charge in [0.1, 0.15) is 0 Å². The van der Waals surface area contributed by atoms with Crippen molar-refractivity contribution in [3.63, 3.8) is 0 Å². The van der Waals surface area contributed by atoms with Crippen LogP contribution in [0.5, 0.6) is 11.5 Å². The minimum atomic E-state index is 0.0314. The highest BCUT2D eigenvalue weighted by molar-refractivity contribution is 9.11. The Bertz CT molecular complexity index is 659. The zero-order valence-corrected chi connectivity index (χ0v) is 15.8. The van der Waals surface area contributed by atoms with E-state index in [1.54, 1.807) is 14.2 Å². The van der Waals surface area contributed by atoms with Gasteiger partial charge in [-0.2, -0.15) is 0 Å². The Morgan fingerprint density at radius 3 is 2.19 bits per heavy atom. The third-order valence-electron chi connectivity index (χ3n) is 3.28. The molecule has 112 valence electrons. The minimum absolute atomic E-state index is 0.0314. The SMILES string of the molecule is COc1cc(C)c(C(Br)c2ccc(Cl)cc2Br)cc1OC. The van der Waals surface area contributed by atoms with E-state index in [1.165, 1.54) is 0 Å². The number of alkyl halides is 1. The molecule has 0 heterocycles. The molecule has 0 aromatic heterocycles. The molecule has 1 atom stereocenters. The molecule has 1 unspecified atom stereocenters. The lowest BCUT2D eigenvalue weighted by Gasteiger charge is -2.18. The summed E-state index contributed by atoms with van der Waals surface area (Å²) in [5.41, 5.74) is 3.35. The molecule has 2 aromatic rings. The Hall–Kier alpha value is -0.710. The molecule has 2 rings (SSSR count). The van der Waals surface area contributed by atoms with Crippen LogP contribution in [0, 0.1) is 6.92 Å². The normalized spacial score (nSPS) is 12.1. The van der Waals surface area contributed by atoms with Gasteiger partial charge in [0.05, 0.1) is 19.0 Å². The Balaban J connectivity index is 2.50. The first-order valence-electron chi connectivity index (χ1n) is 6.29. The van der Waals surface area contributed by atoms with E-state index < -0.39 is 0 Å². The molecule has 5 heteroatoms. The van der Waals surface area contributed by atoms with Crippen LogP contribution in [-0.2, 0) is 0 Å². The van der Waals surface area contributed by atoms with Crippen molar-refractivity contribution < 1.29 is 9.47 Å². The molecule has 21 heavy (non-hydrogen) atoms. The molecule has 2 nitrogen and oxygen atoms in total. The fourth-order valence-corrected chi connectivity index (χ4v) is 4.26. The van der Waals surface area contributed by atoms with Gasteiger partial charge >= 0.3 is 0 Å². The van der Waals surface area contributed by atoms with Crippen LogP contribution in [0.25, 0.3) is 0 Å². The van der Waals surface area contributed by atoms with Gasteiger partial charge < -0.3 is 9.47 Å². The van der Waals surface area contributed by atoms with Crippen LogP contribution in [-0.4, -0.2) is 14.2 Å². The third kappa shape index (κ3) is 3.55. The van der Waals surface area contributed by atoms with E-state index in [4.69, 9.17) is 21.1 Å². The molecular weight excluding hydrogens is 419 g/mol. The van der Waals surface area contributed by atoms with Crippen molar-refractivity contribution in [2.75, 3.05) is 14.2 Å². The highest BCUT2D eigenvalue weighted by Gasteiger charge is 2.18. The van der Waals surface area contributed by atoms with Crippen LogP contribution < -0.4 is 9.47 Å². The first-order valence-corrected chi connectivity index (χ1v) is 8.38. The monoisotopic (exact) mass is 432 g/mol. The Labute approximate surface area is 146 Å². The van der Waals surface area contributed by atoms with E-state index >= 15 is 0 Å². The average Bonchev–Trinajstić information content (AvgIpc) is 2.46. The lowest BCUT2D eigenvalue weighted by atomic mass is 9.99. The fraction of sp³-hybridized carbons (Fsp3) is 0.250. The number of hydrogen-bond donors (Lipinski definition) is 0. The van der Waals surface area contributed by atoms with E-state index in [-0.39, 0.29) is 4.83 Å². The van der Waals surface area contributed by atoms with Crippen molar-refractivity contribution in [1.82, 2.24) is 0 Å². The van der Waals surface area contributed by atoms with Gasteiger partial charge in [-0.15, -0.1) is 0 Å². The van der Waals surface area contributed by atoms with Crippen LogP contribution >= 0.6 is 43.5 Å². The number of aryl methyl sites for hydroxylation is 1. The molecule has 0 aliphatic carbocycles. The number of methoxy groups -OCH3 is 2.